The minimum atomic E-state index is -1.45. The highest BCUT2D eigenvalue weighted by molar-refractivity contribution is 5.79. The highest BCUT2D eigenvalue weighted by Crippen LogP contribution is 2.45. The number of rotatable bonds is 3. The smallest absolute Gasteiger partial charge is 0.325 e. The second-order valence-electron chi connectivity index (χ2n) is 3.36. The molecule has 0 aromatic heterocycles. The van der Waals surface area contributed by atoms with Crippen molar-refractivity contribution in [3.05, 3.63) is 17.4 Å². The zero-order chi connectivity index (χ0) is 12.6. The number of halogens is 1. The van der Waals surface area contributed by atoms with Gasteiger partial charge in [0.2, 0.25) is 6.79 Å². The van der Waals surface area contributed by atoms with Crippen LogP contribution in [0.1, 0.15) is 11.6 Å². The van der Waals surface area contributed by atoms with Crippen molar-refractivity contribution in [2.75, 3.05) is 13.9 Å². The fourth-order valence-electron chi connectivity index (χ4n) is 1.63. The van der Waals surface area contributed by atoms with Gasteiger partial charge in [-0.3, -0.25) is 4.79 Å². The molecule has 17 heavy (non-hydrogen) atoms. The van der Waals surface area contributed by atoms with Crippen molar-refractivity contribution in [3.8, 4) is 17.2 Å². The first-order valence-corrected chi connectivity index (χ1v) is 4.70. The molecule has 0 fully saturated rings. The molecule has 6 nitrogen and oxygen atoms in total. The Morgan fingerprint density at radius 3 is 2.94 bits per heavy atom. The number of benzene rings is 1. The van der Waals surface area contributed by atoms with Crippen LogP contribution in [-0.2, 0) is 4.79 Å². The number of fused-ring (bicyclic) bond motifs is 1. The average molecular weight is 243 g/mol. The number of hydrogen-bond acceptors (Lipinski definition) is 5. The van der Waals surface area contributed by atoms with E-state index in [9.17, 15) is 9.18 Å². The summed E-state index contributed by atoms with van der Waals surface area (Å²) in [6.45, 7) is -0.110. The summed E-state index contributed by atoms with van der Waals surface area (Å²) in [4.78, 5) is 10.9. The number of ether oxygens (including phenoxy) is 3. The highest BCUT2D eigenvalue weighted by Gasteiger charge is 2.32. The Morgan fingerprint density at radius 1 is 1.65 bits per heavy atom. The third kappa shape index (κ3) is 1.74. The van der Waals surface area contributed by atoms with Gasteiger partial charge in [-0.25, -0.2) is 4.39 Å². The maximum atomic E-state index is 13.6. The van der Waals surface area contributed by atoms with Crippen molar-refractivity contribution in [2.24, 2.45) is 5.73 Å². The second kappa shape index (κ2) is 4.10. The topological polar surface area (TPSA) is 91.0 Å². The maximum absolute atomic E-state index is 13.6. The van der Waals surface area contributed by atoms with Gasteiger partial charge in [-0.2, -0.15) is 0 Å². The molecule has 2 rings (SSSR count). The Hall–Kier alpha value is -2.02. The average Bonchev–Trinajstić information content (AvgIpc) is 2.73. The second-order valence-corrected chi connectivity index (χ2v) is 3.36. The molecule has 0 aliphatic carbocycles. The van der Waals surface area contributed by atoms with E-state index in [1.165, 1.54) is 7.11 Å². The highest BCUT2D eigenvalue weighted by atomic mass is 19.1. The van der Waals surface area contributed by atoms with Crippen LogP contribution in [0.3, 0.4) is 0 Å². The molecule has 1 aliphatic rings. The summed E-state index contributed by atoms with van der Waals surface area (Å²) in [5.74, 6) is -2.08. The molecule has 1 aromatic rings. The van der Waals surface area contributed by atoms with E-state index < -0.39 is 17.8 Å². The molecule has 1 unspecified atom stereocenters. The summed E-state index contributed by atoms with van der Waals surface area (Å²) in [5, 5.41) is 8.88. The predicted octanol–water partition coefficient (Wildman–Crippen LogP) is 0.647. The van der Waals surface area contributed by atoms with Crippen molar-refractivity contribution >= 4 is 5.97 Å². The van der Waals surface area contributed by atoms with E-state index in [0.717, 1.165) is 6.07 Å². The molecule has 0 spiro atoms. The number of aliphatic carboxylic acids is 1. The van der Waals surface area contributed by atoms with Crippen LogP contribution >= 0.6 is 0 Å². The van der Waals surface area contributed by atoms with Gasteiger partial charge in [-0.1, -0.05) is 0 Å². The van der Waals surface area contributed by atoms with Crippen LogP contribution in [0.4, 0.5) is 4.39 Å². The Bertz CT molecular complexity index is 473. The van der Waals surface area contributed by atoms with Crippen LogP contribution in [0.2, 0.25) is 0 Å². The van der Waals surface area contributed by atoms with E-state index in [1.807, 2.05) is 0 Å². The Morgan fingerprint density at radius 2 is 2.35 bits per heavy atom. The van der Waals surface area contributed by atoms with Crippen LogP contribution in [-0.4, -0.2) is 25.0 Å². The van der Waals surface area contributed by atoms with E-state index in [4.69, 9.17) is 25.1 Å². The lowest BCUT2D eigenvalue weighted by Gasteiger charge is -2.15. The van der Waals surface area contributed by atoms with E-state index in [1.54, 1.807) is 0 Å². The van der Waals surface area contributed by atoms with Gasteiger partial charge in [-0.15, -0.1) is 0 Å². The summed E-state index contributed by atoms with van der Waals surface area (Å²) in [6.07, 6.45) is 0. The quantitative estimate of drug-likeness (QED) is 0.809. The number of hydrogen-bond donors (Lipinski definition) is 2. The lowest BCUT2D eigenvalue weighted by atomic mass is 10.0. The van der Waals surface area contributed by atoms with Crippen LogP contribution in [0.5, 0.6) is 17.2 Å². The van der Waals surface area contributed by atoms with Gasteiger partial charge in [0.1, 0.15) is 6.04 Å². The fraction of sp³-hybridized carbons (Fsp3) is 0.300. The number of carbonyl (C=O) groups is 1. The number of carboxylic acids is 1. The lowest BCUT2D eigenvalue weighted by Crippen LogP contribution is -2.22. The zero-order valence-corrected chi connectivity index (χ0v) is 8.90. The van der Waals surface area contributed by atoms with Gasteiger partial charge in [0, 0.05) is 6.07 Å². The standard InChI is InChI=1S/C10H10FNO5/c1-15-8-4(11)2-5-9(17-3-16-5)6(8)7(12)10(13)14/h2,7H,3,12H2,1H3,(H,13,14). The molecular formula is C10H10FNO5. The van der Waals surface area contributed by atoms with Crippen molar-refractivity contribution in [1.29, 1.82) is 0 Å². The fourth-order valence-corrected chi connectivity index (χ4v) is 1.63. The molecule has 92 valence electrons. The SMILES string of the molecule is COc1c(F)cc2c(c1C(N)C(=O)O)OCO2. The van der Waals surface area contributed by atoms with E-state index in [-0.39, 0.29) is 29.6 Å². The molecule has 7 heteroatoms. The molecule has 1 aliphatic heterocycles. The summed E-state index contributed by atoms with van der Waals surface area (Å²) < 4.78 is 28.5. The number of methoxy groups -OCH3 is 1. The first-order valence-electron chi connectivity index (χ1n) is 4.70. The molecule has 0 saturated carbocycles. The molecule has 3 N–H and O–H groups in total. The minimum Gasteiger partial charge on any atom is -0.493 e. The largest absolute Gasteiger partial charge is 0.493 e. The predicted molar refractivity (Wildman–Crippen MR) is 53.6 cm³/mol. The minimum absolute atomic E-state index is 0.0625. The van der Waals surface area contributed by atoms with Crippen LogP contribution in [0.25, 0.3) is 0 Å². The van der Waals surface area contributed by atoms with Gasteiger partial charge < -0.3 is 25.1 Å². The molecule has 1 aromatic carbocycles. The van der Waals surface area contributed by atoms with Crippen molar-refractivity contribution in [3.63, 3.8) is 0 Å². The zero-order valence-electron chi connectivity index (χ0n) is 8.90. The summed E-state index contributed by atoms with van der Waals surface area (Å²) in [6, 6.07) is -0.379. The van der Waals surface area contributed by atoms with Gasteiger partial charge in [-0.05, 0) is 0 Å². The lowest BCUT2D eigenvalue weighted by molar-refractivity contribution is -0.138. The normalized spacial score (nSPS) is 14.5. The van der Waals surface area contributed by atoms with Gasteiger partial charge in [0.25, 0.3) is 0 Å². The van der Waals surface area contributed by atoms with Crippen LogP contribution < -0.4 is 19.9 Å². The number of nitrogens with two attached hydrogens (primary N) is 1. The van der Waals surface area contributed by atoms with Gasteiger partial charge >= 0.3 is 5.97 Å². The summed E-state index contributed by atoms with van der Waals surface area (Å²) in [5.41, 5.74) is 5.41. The van der Waals surface area contributed by atoms with E-state index >= 15 is 0 Å². The molecule has 0 bridgehead atoms. The molecule has 0 saturated heterocycles. The van der Waals surface area contributed by atoms with Crippen molar-refractivity contribution in [2.45, 2.75) is 6.04 Å². The first kappa shape index (κ1) is 11.5. The van der Waals surface area contributed by atoms with Crippen LogP contribution in [0.15, 0.2) is 6.07 Å². The molecule has 0 amide bonds. The van der Waals surface area contributed by atoms with Gasteiger partial charge in [0.15, 0.2) is 23.1 Å². The van der Waals surface area contributed by atoms with Gasteiger partial charge in [0.05, 0.1) is 12.7 Å². The molecule has 1 heterocycles. The summed E-state index contributed by atoms with van der Waals surface area (Å²) in [7, 11) is 1.22. The Kier molecular flexibility index (Phi) is 2.76. The number of carboxylic acid groups (broad SMARTS) is 1. The van der Waals surface area contributed by atoms with E-state index in [2.05, 4.69) is 0 Å². The van der Waals surface area contributed by atoms with Crippen molar-refractivity contribution in [1.82, 2.24) is 0 Å². The third-order valence-electron chi connectivity index (χ3n) is 2.39. The third-order valence-corrected chi connectivity index (χ3v) is 2.39. The van der Waals surface area contributed by atoms with Crippen LogP contribution in [0, 0.1) is 5.82 Å². The summed E-state index contributed by atoms with van der Waals surface area (Å²) >= 11 is 0. The first-order chi connectivity index (χ1) is 8.06. The Balaban J connectivity index is 2.65. The Labute approximate surface area is 95.7 Å². The molecular weight excluding hydrogens is 233 g/mol. The van der Waals surface area contributed by atoms with E-state index in [0.29, 0.717) is 0 Å². The maximum Gasteiger partial charge on any atom is 0.325 e. The molecule has 0 radical (unpaired) electrons. The molecule has 1 atom stereocenters. The monoisotopic (exact) mass is 243 g/mol. The van der Waals surface area contributed by atoms with Crippen molar-refractivity contribution < 1.29 is 28.5 Å².